The van der Waals surface area contributed by atoms with Gasteiger partial charge in [-0.2, -0.15) is 13.2 Å². The van der Waals surface area contributed by atoms with Crippen molar-refractivity contribution in [1.82, 2.24) is 10.3 Å². The molecule has 2 aromatic carbocycles. The molecule has 11 heteroatoms. The van der Waals surface area contributed by atoms with E-state index in [1.807, 2.05) is 6.92 Å². The normalized spacial score (nSPS) is 12.0. The third-order valence-corrected chi connectivity index (χ3v) is 4.45. The molecule has 0 spiro atoms. The number of nitrogens with one attached hydrogen (secondary N) is 1. The van der Waals surface area contributed by atoms with Gasteiger partial charge in [-0.25, -0.2) is 4.98 Å². The lowest BCUT2D eigenvalue weighted by Crippen LogP contribution is -2.25. The third kappa shape index (κ3) is 6.27. The van der Waals surface area contributed by atoms with Crippen LogP contribution in [0, 0.1) is 0 Å². The first-order chi connectivity index (χ1) is 15.5. The molecule has 1 heterocycles. The van der Waals surface area contributed by atoms with Gasteiger partial charge in [0.1, 0.15) is 5.75 Å². The van der Waals surface area contributed by atoms with E-state index in [4.69, 9.17) is 4.42 Å². The van der Waals surface area contributed by atoms with Crippen molar-refractivity contribution in [3.63, 3.8) is 0 Å². The number of amides is 1. The van der Waals surface area contributed by atoms with Gasteiger partial charge >= 0.3 is 12.5 Å². The van der Waals surface area contributed by atoms with Crippen LogP contribution in [0.5, 0.6) is 5.75 Å². The van der Waals surface area contributed by atoms with Crippen LogP contribution in [0.25, 0.3) is 22.8 Å². The minimum Gasteiger partial charge on any atom is -0.435 e. The summed E-state index contributed by atoms with van der Waals surface area (Å²) in [5.74, 6) is -1.46. The first-order valence-corrected chi connectivity index (χ1v) is 9.81. The highest BCUT2D eigenvalue weighted by Gasteiger charge is 2.32. The molecule has 0 aliphatic carbocycles. The summed E-state index contributed by atoms with van der Waals surface area (Å²) in [5.41, 5.74) is -0.961. The van der Waals surface area contributed by atoms with Crippen LogP contribution in [0.15, 0.2) is 52.9 Å². The predicted octanol–water partition coefficient (Wildman–Crippen LogP) is 6.46. The van der Waals surface area contributed by atoms with Crippen molar-refractivity contribution in [2.24, 2.45) is 0 Å². The van der Waals surface area contributed by atoms with E-state index < -0.39 is 29.8 Å². The SMILES string of the molecule is CCCCNC(=O)c1nc(-c2cccc(C(F)(F)F)c2)oc1-c1ccc(OC(F)(F)F)cc1. The molecule has 0 bridgehead atoms. The van der Waals surface area contributed by atoms with Crippen molar-refractivity contribution in [3.8, 4) is 28.5 Å². The number of carbonyl (C=O) groups excluding carboxylic acids is 1. The molecular formula is C22H18F6N2O3. The summed E-state index contributed by atoms with van der Waals surface area (Å²) in [6, 6.07) is 8.71. The van der Waals surface area contributed by atoms with Crippen LogP contribution in [-0.4, -0.2) is 23.8 Å². The topological polar surface area (TPSA) is 64.4 Å². The fraction of sp³-hybridized carbons (Fsp3) is 0.273. The van der Waals surface area contributed by atoms with Gasteiger partial charge in [-0.15, -0.1) is 13.2 Å². The first-order valence-electron chi connectivity index (χ1n) is 9.81. The van der Waals surface area contributed by atoms with Gasteiger partial charge in [-0.1, -0.05) is 19.4 Å². The van der Waals surface area contributed by atoms with E-state index in [1.165, 1.54) is 24.3 Å². The molecule has 1 aromatic heterocycles. The Kier molecular flexibility index (Phi) is 6.99. The molecule has 0 radical (unpaired) electrons. The van der Waals surface area contributed by atoms with Crippen LogP contribution < -0.4 is 10.1 Å². The minimum absolute atomic E-state index is 0.0179. The number of oxazole rings is 1. The van der Waals surface area contributed by atoms with E-state index in [0.717, 1.165) is 30.7 Å². The van der Waals surface area contributed by atoms with Crippen molar-refractivity contribution in [3.05, 3.63) is 59.8 Å². The van der Waals surface area contributed by atoms with E-state index in [-0.39, 0.29) is 28.5 Å². The van der Waals surface area contributed by atoms with Gasteiger partial charge in [-0.3, -0.25) is 4.79 Å². The largest absolute Gasteiger partial charge is 0.573 e. The highest BCUT2D eigenvalue weighted by Crippen LogP contribution is 2.35. The Morgan fingerprint density at radius 1 is 1.03 bits per heavy atom. The summed E-state index contributed by atoms with van der Waals surface area (Å²) in [5, 5.41) is 2.64. The Morgan fingerprint density at radius 3 is 2.33 bits per heavy atom. The van der Waals surface area contributed by atoms with Crippen LogP contribution in [0.4, 0.5) is 26.3 Å². The first kappa shape index (κ1) is 24.1. The van der Waals surface area contributed by atoms with Gasteiger partial charge in [0.15, 0.2) is 11.5 Å². The quantitative estimate of drug-likeness (QED) is 0.317. The Labute approximate surface area is 184 Å². The van der Waals surface area contributed by atoms with Crippen LogP contribution in [0.3, 0.4) is 0 Å². The molecule has 0 aliphatic heterocycles. The number of aromatic nitrogens is 1. The predicted molar refractivity (Wildman–Crippen MR) is 106 cm³/mol. The van der Waals surface area contributed by atoms with Crippen molar-refractivity contribution in [1.29, 1.82) is 0 Å². The van der Waals surface area contributed by atoms with Crippen molar-refractivity contribution in [2.75, 3.05) is 6.54 Å². The Hall–Kier alpha value is -3.50. The van der Waals surface area contributed by atoms with Gasteiger partial charge in [0.2, 0.25) is 5.89 Å². The van der Waals surface area contributed by atoms with E-state index in [2.05, 4.69) is 15.0 Å². The minimum atomic E-state index is -4.88. The standard InChI is InChI=1S/C22H18F6N2O3/c1-2-3-11-29-19(31)17-18(13-7-9-16(10-8-13)33-22(26,27)28)32-20(30-17)14-5-4-6-15(12-14)21(23,24)25/h4-10,12H,2-3,11H2,1H3,(H,29,31). The average Bonchev–Trinajstić information content (AvgIpc) is 3.18. The molecule has 0 saturated carbocycles. The van der Waals surface area contributed by atoms with Gasteiger partial charge in [0, 0.05) is 17.7 Å². The second-order valence-electron chi connectivity index (χ2n) is 6.96. The van der Waals surface area contributed by atoms with E-state index in [9.17, 15) is 31.1 Å². The zero-order valence-corrected chi connectivity index (χ0v) is 17.2. The zero-order chi connectivity index (χ0) is 24.2. The number of halogens is 6. The number of unbranched alkanes of at least 4 members (excludes halogenated alkanes) is 1. The molecule has 0 unspecified atom stereocenters. The number of hydrogen-bond donors (Lipinski definition) is 1. The smallest absolute Gasteiger partial charge is 0.435 e. The Balaban J connectivity index is 2.01. The maximum Gasteiger partial charge on any atom is 0.573 e. The highest BCUT2D eigenvalue weighted by molar-refractivity contribution is 5.98. The van der Waals surface area contributed by atoms with Crippen LogP contribution in [0.1, 0.15) is 35.8 Å². The van der Waals surface area contributed by atoms with E-state index in [1.54, 1.807) is 0 Å². The van der Waals surface area contributed by atoms with Gasteiger partial charge < -0.3 is 14.5 Å². The summed E-state index contributed by atoms with van der Waals surface area (Å²) in [7, 11) is 0. The summed E-state index contributed by atoms with van der Waals surface area (Å²) in [6.07, 6.45) is -7.99. The number of nitrogens with zero attached hydrogens (tertiary/aromatic N) is 1. The second kappa shape index (κ2) is 9.55. The molecule has 3 rings (SSSR count). The maximum atomic E-state index is 13.1. The van der Waals surface area contributed by atoms with E-state index >= 15 is 0 Å². The number of rotatable bonds is 7. The number of benzene rings is 2. The maximum absolute atomic E-state index is 13.1. The van der Waals surface area contributed by atoms with Crippen molar-refractivity contribution in [2.45, 2.75) is 32.3 Å². The van der Waals surface area contributed by atoms with E-state index in [0.29, 0.717) is 13.0 Å². The molecule has 0 aliphatic rings. The number of ether oxygens (including phenoxy) is 1. The lowest BCUT2D eigenvalue weighted by Gasteiger charge is -2.09. The molecule has 176 valence electrons. The molecule has 3 aromatic rings. The zero-order valence-electron chi connectivity index (χ0n) is 17.2. The van der Waals surface area contributed by atoms with Gasteiger partial charge in [0.25, 0.3) is 5.91 Å². The number of alkyl halides is 6. The molecule has 0 fully saturated rings. The van der Waals surface area contributed by atoms with Crippen molar-refractivity contribution < 1.29 is 40.3 Å². The summed E-state index contributed by atoms with van der Waals surface area (Å²) >= 11 is 0. The molecular weight excluding hydrogens is 454 g/mol. The van der Waals surface area contributed by atoms with Gasteiger partial charge in [-0.05, 0) is 48.9 Å². The lowest BCUT2D eigenvalue weighted by atomic mass is 10.1. The second-order valence-corrected chi connectivity index (χ2v) is 6.96. The van der Waals surface area contributed by atoms with Crippen LogP contribution in [-0.2, 0) is 6.18 Å². The van der Waals surface area contributed by atoms with Crippen molar-refractivity contribution >= 4 is 5.91 Å². The van der Waals surface area contributed by atoms with Crippen LogP contribution >= 0.6 is 0 Å². The van der Waals surface area contributed by atoms with Gasteiger partial charge in [0.05, 0.1) is 5.56 Å². The summed E-state index contributed by atoms with van der Waals surface area (Å²) < 4.78 is 85.9. The molecule has 1 N–H and O–H groups in total. The number of hydrogen-bond acceptors (Lipinski definition) is 4. The average molecular weight is 472 g/mol. The summed E-state index contributed by atoms with van der Waals surface area (Å²) in [6.45, 7) is 2.25. The molecule has 0 atom stereocenters. The third-order valence-electron chi connectivity index (χ3n) is 4.45. The molecule has 1 amide bonds. The van der Waals surface area contributed by atoms with Crippen LogP contribution in [0.2, 0.25) is 0 Å². The fourth-order valence-corrected chi connectivity index (χ4v) is 2.89. The molecule has 5 nitrogen and oxygen atoms in total. The monoisotopic (exact) mass is 472 g/mol. The lowest BCUT2D eigenvalue weighted by molar-refractivity contribution is -0.274. The molecule has 0 saturated heterocycles. The number of carbonyl (C=O) groups is 1. The Bertz CT molecular complexity index is 1100. The Morgan fingerprint density at radius 2 is 1.73 bits per heavy atom. The fourth-order valence-electron chi connectivity index (χ4n) is 2.89. The highest BCUT2D eigenvalue weighted by atomic mass is 19.4. The molecule has 33 heavy (non-hydrogen) atoms. The summed E-state index contributed by atoms with van der Waals surface area (Å²) in [4.78, 5) is 16.7.